The first-order valence-corrected chi connectivity index (χ1v) is 9.47. The third-order valence-electron chi connectivity index (χ3n) is 4.39. The molecule has 0 saturated carbocycles. The molecule has 142 valence electrons. The summed E-state index contributed by atoms with van der Waals surface area (Å²) in [7, 11) is 1.81. The first-order valence-electron chi connectivity index (χ1n) is 9.47. The maximum absolute atomic E-state index is 4.34. The summed E-state index contributed by atoms with van der Waals surface area (Å²) < 4.78 is 1.94. The van der Waals surface area contributed by atoms with Crippen LogP contribution >= 0.6 is 0 Å². The van der Waals surface area contributed by atoms with Gasteiger partial charge in [0.2, 0.25) is 0 Å². The minimum Gasteiger partial charge on any atom is -0.355 e. The number of hydrogen-bond acceptors (Lipinski definition) is 3. The van der Waals surface area contributed by atoms with Gasteiger partial charge in [-0.3, -0.25) is 9.67 Å². The number of benzene rings is 1. The number of rotatable bonds is 10. The van der Waals surface area contributed by atoms with Crippen LogP contribution in [0.2, 0.25) is 0 Å². The van der Waals surface area contributed by atoms with Gasteiger partial charge in [0.05, 0.1) is 6.54 Å². The van der Waals surface area contributed by atoms with Crippen molar-refractivity contribution < 1.29 is 0 Å². The smallest absolute Gasteiger partial charge is 0.191 e. The van der Waals surface area contributed by atoms with Crippen molar-refractivity contribution in [1.29, 1.82) is 0 Å². The topological polar surface area (TPSA) is 57.5 Å². The normalized spacial score (nSPS) is 11.8. The Labute approximate surface area is 157 Å². The average Bonchev–Trinajstić information content (AvgIpc) is 3.17. The van der Waals surface area contributed by atoms with Crippen molar-refractivity contribution in [3.05, 3.63) is 53.9 Å². The van der Waals surface area contributed by atoms with E-state index in [2.05, 4.69) is 63.7 Å². The summed E-state index contributed by atoms with van der Waals surface area (Å²) in [5.74, 6) is 0.839. The highest BCUT2D eigenvalue weighted by Gasteiger charge is 2.05. The van der Waals surface area contributed by atoms with Crippen molar-refractivity contribution in [2.45, 2.75) is 33.4 Å². The first-order chi connectivity index (χ1) is 12.8. The van der Waals surface area contributed by atoms with Crippen LogP contribution in [0.1, 0.15) is 31.4 Å². The molecule has 2 aromatic rings. The molecular weight excluding hydrogens is 324 g/mol. The van der Waals surface area contributed by atoms with E-state index in [4.69, 9.17) is 0 Å². The molecule has 6 heteroatoms. The van der Waals surface area contributed by atoms with Gasteiger partial charge >= 0.3 is 0 Å². The Morgan fingerprint density at radius 1 is 1.12 bits per heavy atom. The van der Waals surface area contributed by atoms with E-state index >= 15 is 0 Å². The van der Waals surface area contributed by atoms with Crippen LogP contribution in [0.25, 0.3) is 0 Å². The maximum Gasteiger partial charge on any atom is 0.191 e. The molecule has 0 fully saturated rings. The first kappa shape index (κ1) is 20.0. The molecule has 0 bridgehead atoms. The number of hydrogen-bond donors (Lipinski definition) is 2. The predicted molar refractivity (Wildman–Crippen MR) is 108 cm³/mol. The average molecular weight is 357 g/mol. The highest BCUT2D eigenvalue weighted by molar-refractivity contribution is 5.79. The molecule has 2 rings (SSSR count). The van der Waals surface area contributed by atoms with Crippen LogP contribution in [0.4, 0.5) is 0 Å². The third-order valence-corrected chi connectivity index (χ3v) is 4.39. The quantitative estimate of drug-likeness (QED) is 0.507. The highest BCUT2D eigenvalue weighted by atomic mass is 15.3. The predicted octanol–water partition coefficient (Wildman–Crippen LogP) is 2.33. The number of guanidine groups is 1. The molecule has 0 aliphatic rings. The molecule has 2 N–H and O–H groups in total. The number of aromatic nitrogens is 2. The fraction of sp³-hybridized carbons (Fsp3) is 0.500. The van der Waals surface area contributed by atoms with Crippen LogP contribution in [0.5, 0.6) is 0 Å². The molecule has 0 atom stereocenters. The molecule has 26 heavy (non-hydrogen) atoms. The fourth-order valence-electron chi connectivity index (χ4n) is 2.93. The van der Waals surface area contributed by atoms with Crippen LogP contribution in [-0.2, 0) is 13.1 Å². The summed E-state index contributed by atoms with van der Waals surface area (Å²) in [5, 5.41) is 11.1. The lowest BCUT2D eigenvalue weighted by Gasteiger charge is -2.20. The summed E-state index contributed by atoms with van der Waals surface area (Å²) in [6, 6.07) is 10.4. The zero-order valence-electron chi connectivity index (χ0n) is 16.3. The van der Waals surface area contributed by atoms with Crippen LogP contribution in [0.3, 0.4) is 0 Å². The SMILES string of the molecule is CCCN(CC)CCNC(=NC)NCc1ccccc1Cn1cccn1. The van der Waals surface area contributed by atoms with Gasteiger partial charge in [-0.05, 0) is 36.7 Å². The van der Waals surface area contributed by atoms with E-state index in [0.717, 1.165) is 45.2 Å². The lowest BCUT2D eigenvalue weighted by atomic mass is 10.1. The number of aliphatic imine (C=N–C) groups is 1. The van der Waals surface area contributed by atoms with Crippen LogP contribution < -0.4 is 10.6 Å². The lowest BCUT2D eigenvalue weighted by Crippen LogP contribution is -2.41. The standard InChI is InChI=1S/C20H32N6/c1-4-13-25(5-2)15-12-22-20(21-3)23-16-18-9-6-7-10-19(18)17-26-14-8-11-24-26/h6-11,14H,4-5,12-13,15-17H2,1-3H3,(H2,21,22,23). The van der Waals surface area contributed by atoms with Crippen LogP contribution in [0.15, 0.2) is 47.7 Å². The number of nitrogens with one attached hydrogen (secondary N) is 2. The second-order valence-electron chi connectivity index (χ2n) is 6.26. The Bertz CT molecular complexity index is 650. The van der Waals surface area contributed by atoms with Crippen LogP contribution in [-0.4, -0.2) is 53.9 Å². The zero-order chi connectivity index (χ0) is 18.6. The second-order valence-corrected chi connectivity index (χ2v) is 6.26. The molecule has 1 aromatic carbocycles. The van der Waals surface area contributed by atoms with Gasteiger partial charge in [-0.25, -0.2) is 0 Å². The van der Waals surface area contributed by atoms with Gasteiger partial charge in [0, 0.05) is 39.1 Å². The molecule has 0 radical (unpaired) electrons. The highest BCUT2D eigenvalue weighted by Crippen LogP contribution is 2.10. The Morgan fingerprint density at radius 3 is 2.58 bits per heavy atom. The molecule has 0 spiro atoms. The van der Waals surface area contributed by atoms with E-state index in [1.807, 2.05) is 30.2 Å². The largest absolute Gasteiger partial charge is 0.355 e. The van der Waals surface area contributed by atoms with Gasteiger partial charge in [-0.2, -0.15) is 5.10 Å². The van der Waals surface area contributed by atoms with Crippen molar-refractivity contribution in [3.63, 3.8) is 0 Å². The van der Waals surface area contributed by atoms with Crippen molar-refractivity contribution >= 4 is 5.96 Å². The third kappa shape index (κ3) is 6.52. The molecule has 0 aliphatic heterocycles. The fourth-order valence-corrected chi connectivity index (χ4v) is 2.93. The summed E-state index contributed by atoms with van der Waals surface area (Å²) in [4.78, 5) is 6.78. The van der Waals surface area contributed by atoms with Gasteiger partial charge in [0.1, 0.15) is 0 Å². The Kier molecular flexibility index (Phi) is 8.69. The molecule has 0 saturated heterocycles. The Balaban J connectivity index is 1.84. The van der Waals surface area contributed by atoms with Crippen molar-refractivity contribution in [1.82, 2.24) is 25.3 Å². The number of likely N-dealkylation sites (N-methyl/N-ethyl adjacent to an activating group) is 1. The van der Waals surface area contributed by atoms with Gasteiger partial charge in [0.25, 0.3) is 0 Å². The summed E-state index contributed by atoms with van der Waals surface area (Å²) >= 11 is 0. The molecule has 1 heterocycles. The number of nitrogens with zero attached hydrogens (tertiary/aromatic N) is 4. The van der Waals surface area contributed by atoms with Gasteiger partial charge < -0.3 is 15.5 Å². The van der Waals surface area contributed by atoms with Crippen molar-refractivity contribution in [2.75, 3.05) is 33.2 Å². The van der Waals surface area contributed by atoms with Crippen molar-refractivity contribution in [2.24, 2.45) is 4.99 Å². The molecule has 0 amide bonds. The van der Waals surface area contributed by atoms with E-state index in [-0.39, 0.29) is 0 Å². The second kappa shape index (κ2) is 11.3. The minimum atomic E-state index is 0.740. The summed E-state index contributed by atoms with van der Waals surface area (Å²) in [5.41, 5.74) is 2.52. The van der Waals surface area contributed by atoms with Gasteiger partial charge in [-0.1, -0.05) is 38.1 Å². The van der Waals surface area contributed by atoms with Crippen molar-refractivity contribution in [3.8, 4) is 0 Å². The monoisotopic (exact) mass is 356 g/mol. The molecule has 0 aliphatic carbocycles. The lowest BCUT2D eigenvalue weighted by molar-refractivity contribution is 0.293. The molecule has 0 unspecified atom stereocenters. The summed E-state index contributed by atoms with van der Waals surface area (Å²) in [6.07, 6.45) is 4.99. The minimum absolute atomic E-state index is 0.740. The molecule has 1 aromatic heterocycles. The zero-order valence-corrected chi connectivity index (χ0v) is 16.3. The van der Waals surface area contributed by atoms with E-state index in [1.165, 1.54) is 17.5 Å². The van der Waals surface area contributed by atoms with E-state index < -0.39 is 0 Å². The van der Waals surface area contributed by atoms with E-state index in [1.54, 1.807) is 0 Å². The maximum atomic E-state index is 4.34. The van der Waals surface area contributed by atoms with E-state index in [9.17, 15) is 0 Å². The van der Waals surface area contributed by atoms with E-state index in [0.29, 0.717) is 0 Å². The van der Waals surface area contributed by atoms with Crippen LogP contribution in [0, 0.1) is 0 Å². The van der Waals surface area contributed by atoms with Gasteiger partial charge in [0.15, 0.2) is 5.96 Å². The Hall–Kier alpha value is -2.34. The Morgan fingerprint density at radius 2 is 1.92 bits per heavy atom. The summed E-state index contributed by atoms with van der Waals surface area (Å²) in [6.45, 7) is 10.1. The van der Waals surface area contributed by atoms with Gasteiger partial charge in [-0.15, -0.1) is 0 Å². The molecule has 6 nitrogen and oxygen atoms in total. The molecular formula is C20H32N6.